The van der Waals surface area contributed by atoms with E-state index in [4.69, 9.17) is 5.73 Å². The van der Waals surface area contributed by atoms with Crippen molar-refractivity contribution in [3.63, 3.8) is 0 Å². The van der Waals surface area contributed by atoms with Crippen LogP contribution in [0.3, 0.4) is 0 Å². The van der Waals surface area contributed by atoms with E-state index in [2.05, 4.69) is 4.84 Å². The molecule has 104 valence electrons. The first kappa shape index (κ1) is 15.4. The van der Waals surface area contributed by atoms with Gasteiger partial charge in [0.2, 0.25) is 11.8 Å². The predicted molar refractivity (Wildman–Crippen MR) is 65.0 cm³/mol. The monoisotopic (exact) mass is 290 g/mol. The van der Waals surface area contributed by atoms with Crippen molar-refractivity contribution in [2.24, 2.45) is 5.73 Å². The topological polar surface area (TPSA) is 81.4 Å². The van der Waals surface area contributed by atoms with Gasteiger partial charge in [-0.3, -0.25) is 14.4 Å². The molecule has 0 aliphatic heterocycles. The molecule has 1 rings (SSSR count). The van der Waals surface area contributed by atoms with Gasteiger partial charge in [-0.2, -0.15) is 0 Å². The van der Waals surface area contributed by atoms with Gasteiger partial charge in [-0.1, -0.05) is 0 Å². The Morgan fingerprint density at radius 3 is 2.68 bits per heavy atom. The minimum Gasteiger partial charge on any atom is -0.368 e. The summed E-state index contributed by atoms with van der Waals surface area (Å²) < 4.78 is 25.5. The van der Waals surface area contributed by atoms with Crippen LogP contribution in [-0.2, 0) is 14.4 Å². The average molecular weight is 290 g/mol. The number of amides is 2. The molecule has 0 bridgehead atoms. The highest BCUT2D eigenvalue weighted by atomic mass is 32.2. The number of carbonyl (C=O) groups is 2. The zero-order chi connectivity index (χ0) is 14.3. The summed E-state index contributed by atoms with van der Waals surface area (Å²) in [5, 5.41) is 0. The highest BCUT2D eigenvalue weighted by Crippen LogP contribution is 2.20. The molecule has 1 aromatic rings. The summed E-state index contributed by atoms with van der Waals surface area (Å²) in [6.45, 7) is -0.401. The molecular weight excluding hydrogens is 278 g/mol. The third kappa shape index (κ3) is 6.16. The lowest BCUT2D eigenvalue weighted by molar-refractivity contribution is -0.137. The quantitative estimate of drug-likeness (QED) is 0.579. The molecular formula is C11H12F2N2O3S. The zero-order valence-corrected chi connectivity index (χ0v) is 10.6. The lowest BCUT2D eigenvalue weighted by atomic mass is 10.3. The van der Waals surface area contributed by atoms with Gasteiger partial charge in [-0.05, 0) is 18.2 Å². The number of hydrogen-bond acceptors (Lipinski definition) is 4. The molecule has 0 saturated carbocycles. The van der Waals surface area contributed by atoms with E-state index < -0.39 is 30.1 Å². The molecule has 0 spiro atoms. The number of benzene rings is 1. The number of thioether (sulfide) groups is 1. The van der Waals surface area contributed by atoms with Crippen LogP contribution < -0.4 is 11.2 Å². The number of halogens is 2. The maximum absolute atomic E-state index is 12.9. The molecule has 0 radical (unpaired) electrons. The third-order valence-corrected chi connectivity index (χ3v) is 2.88. The van der Waals surface area contributed by atoms with E-state index in [1.165, 1.54) is 17.8 Å². The fraction of sp³-hybridized carbons (Fsp3) is 0.273. The second-order valence-corrected chi connectivity index (χ2v) is 4.62. The van der Waals surface area contributed by atoms with Gasteiger partial charge < -0.3 is 5.73 Å². The fourth-order valence-corrected chi connectivity index (χ4v) is 1.94. The van der Waals surface area contributed by atoms with E-state index >= 15 is 0 Å². The molecule has 3 N–H and O–H groups in total. The van der Waals surface area contributed by atoms with Crippen LogP contribution in [0.25, 0.3) is 0 Å². The summed E-state index contributed by atoms with van der Waals surface area (Å²) in [6.07, 6.45) is 0.0996. The zero-order valence-electron chi connectivity index (χ0n) is 9.82. The highest BCUT2D eigenvalue weighted by Gasteiger charge is 2.05. The standard InChI is InChI=1S/C11H12F2N2O3S/c12-8-2-1-7(5-9(8)13)19-4-3-11(17)15-18-6-10(14)16/h1-2,5H,3-4,6H2,(H2,14,16)(H,15,17). The van der Waals surface area contributed by atoms with E-state index in [0.29, 0.717) is 10.6 Å². The van der Waals surface area contributed by atoms with E-state index in [0.717, 1.165) is 12.1 Å². The van der Waals surface area contributed by atoms with E-state index in [9.17, 15) is 18.4 Å². The van der Waals surface area contributed by atoms with Gasteiger partial charge >= 0.3 is 0 Å². The van der Waals surface area contributed by atoms with Gasteiger partial charge in [0.1, 0.15) is 0 Å². The van der Waals surface area contributed by atoms with Crippen LogP contribution in [0.15, 0.2) is 23.1 Å². The van der Waals surface area contributed by atoms with Crippen molar-refractivity contribution in [2.45, 2.75) is 11.3 Å². The number of hydrogen-bond donors (Lipinski definition) is 2. The van der Waals surface area contributed by atoms with E-state index in [-0.39, 0.29) is 6.42 Å². The molecule has 0 aliphatic carbocycles. The summed E-state index contributed by atoms with van der Waals surface area (Å²) in [5.74, 6) is -2.62. The Labute approximate surface area is 112 Å². The van der Waals surface area contributed by atoms with Crippen LogP contribution in [0.5, 0.6) is 0 Å². The number of primary amides is 1. The summed E-state index contributed by atoms with van der Waals surface area (Å²) in [7, 11) is 0. The van der Waals surface area contributed by atoms with Crippen molar-refractivity contribution >= 4 is 23.6 Å². The van der Waals surface area contributed by atoms with Crippen molar-refractivity contribution in [1.82, 2.24) is 5.48 Å². The Balaban J connectivity index is 2.24. The number of nitrogens with one attached hydrogen (secondary N) is 1. The predicted octanol–water partition coefficient (Wildman–Crippen LogP) is 0.980. The highest BCUT2D eigenvalue weighted by molar-refractivity contribution is 7.99. The molecule has 2 amide bonds. The lowest BCUT2D eigenvalue weighted by Crippen LogP contribution is -2.29. The maximum Gasteiger partial charge on any atom is 0.246 e. The molecule has 19 heavy (non-hydrogen) atoms. The van der Waals surface area contributed by atoms with Crippen molar-refractivity contribution < 1.29 is 23.2 Å². The lowest BCUT2D eigenvalue weighted by Gasteiger charge is -2.04. The Morgan fingerprint density at radius 2 is 2.05 bits per heavy atom. The number of nitrogens with two attached hydrogens (primary N) is 1. The smallest absolute Gasteiger partial charge is 0.246 e. The number of carbonyl (C=O) groups excluding carboxylic acids is 2. The van der Waals surface area contributed by atoms with Crippen molar-refractivity contribution in [2.75, 3.05) is 12.4 Å². The summed E-state index contributed by atoms with van der Waals surface area (Å²) in [5.41, 5.74) is 6.83. The first-order valence-electron chi connectivity index (χ1n) is 5.26. The van der Waals surface area contributed by atoms with Gasteiger partial charge in [0, 0.05) is 17.1 Å². The second kappa shape index (κ2) is 7.70. The summed E-state index contributed by atoms with van der Waals surface area (Å²) in [4.78, 5) is 26.5. The average Bonchev–Trinajstić information content (AvgIpc) is 2.33. The van der Waals surface area contributed by atoms with Gasteiger partial charge in [0.05, 0.1) is 0 Å². The molecule has 0 heterocycles. The van der Waals surface area contributed by atoms with Crippen LogP contribution in [0, 0.1) is 11.6 Å². The maximum atomic E-state index is 12.9. The number of rotatable bonds is 7. The first-order chi connectivity index (χ1) is 8.99. The third-order valence-electron chi connectivity index (χ3n) is 1.89. The Kier molecular flexibility index (Phi) is 6.23. The molecule has 0 saturated heterocycles. The molecule has 0 atom stereocenters. The van der Waals surface area contributed by atoms with Gasteiger partial charge in [-0.15, -0.1) is 11.8 Å². The second-order valence-electron chi connectivity index (χ2n) is 3.45. The van der Waals surface area contributed by atoms with Gasteiger partial charge in [-0.25, -0.2) is 14.3 Å². The van der Waals surface area contributed by atoms with Crippen LogP contribution in [-0.4, -0.2) is 24.2 Å². The van der Waals surface area contributed by atoms with Crippen LogP contribution in [0.4, 0.5) is 8.78 Å². The van der Waals surface area contributed by atoms with Gasteiger partial charge in [0.25, 0.3) is 0 Å². The Bertz CT molecular complexity index is 471. The Morgan fingerprint density at radius 1 is 1.32 bits per heavy atom. The molecule has 0 aromatic heterocycles. The SMILES string of the molecule is NC(=O)CONC(=O)CCSc1ccc(F)c(F)c1. The Hall–Kier alpha value is -1.67. The fourth-order valence-electron chi connectivity index (χ4n) is 1.07. The molecule has 1 aromatic carbocycles. The largest absolute Gasteiger partial charge is 0.368 e. The first-order valence-corrected chi connectivity index (χ1v) is 6.24. The molecule has 5 nitrogen and oxygen atoms in total. The van der Waals surface area contributed by atoms with Crippen LogP contribution >= 0.6 is 11.8 Å². The molecule has 0 aliphatic rings. The minimum atomic E-state index is -0.931. The molecule has 0 fully saturated rings. The van der Waals surface area contributed by atoms with E-state index in [1.807, 2.05) is 5.48 Å². The van der Waals surface area contributed by atoms with Crippen molar-refractivity contribution in [1.29, 1.82) is 0 Å². The summed E-state index contributed by atoms with van der Waals surface area (Å²) >= 11 is 1.20. The van der Waals surface area contributed by atoms with E-state index in [1.54, 1.807) is 0 Å². The molecule has 8 heteroatoms. The van der Waals surface area contributed by atoms with Crippen LogP contribution in [0.2, 0.25) is 0 Å². The van der Waals surface area contributed by atoms with Crippen molar-refractivity contribution in [3.8, 4) is 0 Å². The normalized spacial score (nSPS) is 10.2. The summed E-state index contributed by atoms with van der Waals surface area (Å²) in [6, 6.07) is 3.50. The minimum absolute atomic E-state index is 0.0996. The number of hydroxylamine groups is 1. The van der Waals surface area contributed by atoms with Gasteiger partial charge in [0.15, 0.2) is 18.2 Å². The molecule has 0 unspecified atom stereocenters. The van der Waals surface area contributed by atoms with Crippen molar-refractivity contribution in [3.05, 3.63) is 29.8 Å². The van der Waals surface area contributed by atoms with Crippen LogP contribution in [0.1, 0.15) is 6.42 Å².